The van der Waals surface area contributed by atoms with Gasteiger partial charge < -0.3 is 10.6 Å². The molecule has 1 aromatic heterocycles. The highest BCUT2D eigenvalue weighted by Crippen LogP contribution is 2.40. The van der Waals surface area contributed by atoms with Crippen LogP contribution < -0.4 is 10.6 Å². The average Bonchev–Trinajstić information content (AvgIpc) is 3.08. The van der Waals surface area contributed by atoms with Crippen molar-refractivity contribution >= 4 is 11.7 Å². The molecule has 2 aliphatic heterocycles. The molecular formula is C19H30F3N5O. The van der Waals surface area contributed by atoms with Crippen molar-refractivity contribution in [1.29, 1.82) is 0 Å². The zero-order chi connectivity index (χ0) is 20.5. The van der Waals surface area contributed by atoms with Crippen LogP contribution in [0.2, 0.25) is 0 Å². The Balaban J connectivity index is 1.67. The topological polar surface area (TPSA) is 62.2 Å². The third kappa shape index (κ3) is 4.45. The molecule has 0 radical (unpaired) electrons. The van der Waals surface area contributed by atoms with Crippen LogP contribution in [0.5, 0.6) is 0 Å². The van der Waals surface area contributed by atoms with Crippen LogP contribution in [0.4, 0.5) is 19.0 Å². The second kappa shape index (κ2) is 8.31. The van der Waals surface area contributed by atoms with E-state index in [-0.39, 0.29) is 35.8 Å². The first-order chi connectivity index (χ1) is 13.2. The van der Waals surface area contributed by atoms with Crippen molar-refractivity contribution in [3.63, 3.8) is 0 Å². The van der Waals surface area contributed by atoms with Crippen molar-refractivity contribution in [1.82, 2.24) is 20.0 Å². The lowest BCUT2D eigenvalue weighted by Gasteiger charge is -2.35. The zero-order valence-electron chi connectivity index (χ0n) is 16.7. The Morgan fingerprint density at radius 3 is 2.68 bits per heavy atom. The Labute approximate surface area is 163 Å². The second-order valence-electron chi connectivity index (χ2n) is 8.17. The third-order valence-electron chi connectivity index (χ3n) is 6.05. The molecule has 158 valence electrons. The molecule has 1 fully saturated rings. The van der Waals surface area contributed by atoms with Gasteiger partial charge in [0.25, 0.3) is 5.91 Å². The van der Waals surface area contributed by atoms with E-state index >= 15 is 0 Å². The first-order valence-corrected chi connectivity index (χ1v) is 10.1. The molecule has 0 unspecified atom stereocenters. The van der Waals surface area contributed by atoms with Crippen molar-refractivity contribution in [2.45, 2.75) is 70.8 Å². The summed E-state index contributed by atoms with van der Waals surface area (Å²) in [6, 6.07) is -1.86. The van der Waals surface area contributed by atoms with Gasteiger partial charge in [0.05, 0.1) is 6.20 Å². The lowest BCUT2D eigenvalue weighted by Crippen LogP contribution is -2.45. The van der Waals surface area contributed by atoms with E-state index in [0.717, 1.165) is 36.5 Å². The summed E-state index contributed by atoms with van der Waals surface area (Å²) in [6.07, 6.45) is -0.401. The quantitative estimate of drug-likeness (QED) is 0.794. The Hall–Kier alpha value is -1.77. The summed E-state index contributed by atoms with van der Waals surface area (Å²) in [7, 11) is 0. The first-order valence-electron chi connectivity index (χ1n) is 10.1. The summed E-state index contributed by atoms with van der Waals surface area (Å²) in [5.74, 6) is 0.511. The highest BCUT2D eigenvalue weighted by molar-refractivity contribution is 5.98. The predicted molar refractivity (Wildman–Crippen MR) is 101 cm³/mol. The number of amides is 1. The highest BCUT2D eigenvalue weighted by Gasteiger charge is 2.46. The number of aromatic nitrogens is 2. The Morgan fingerprint density at radius 1 is 1.39 bits per heavy atom. The molecule has 3 heterocycles. The van der Waals surface area contributed by atoms with Crippen molar-refractivity contribution in [2.24, 2.45) is 5.92 Å². The highest BCUT2D eigenvalue weighted by atomic mass is 19.4. The number of carbonyl (C=O) groups is 1. The predicted octanol–water partition coefficient (Wildman–Crippen LogP) is 3.43. The second-order valence-corrected chi connectivity index (χ2v) is 8.17. The lowest BCUT2D eigenvalue weighted by atomic mass is 9.98. The van der Waals surface area contributed by atoms with Crippen LogP contribution in [0.25, 0.3) is 0 Å². The smallest absolute Gasteiger partial charge is 0.367 e. The fraction of sp³-hybridized carbons (Fsp3) is 0.789. The molecule has 3 rings (SSSR count). The van der Waals surface area contributed by atoms with Gasteiger partial charge >= 0.3 is 6.18 Å². The van der Waals surface area contributed by atoms with E-state index in [4.69, 9.17) is 0 Å². The number of nitrogens with one attached hydrogen (secondary N) is 2. The summed E-state index contributed by atoms with van der Waals surface area (Å²) < 4.78 is 41.2. The van der Waals surface area contributed by atoms with Crippen molar-refractivity contribution in [3.8, 4) is 0 Å². The molecule has 2 aliphatic rings. The maximum atomic E-state index is 13.4. The number of halogens is 3. The Kier molecular flexibility index (Phi) is 6.21. The number of anilines is 1. The fourth-order valence-corrected chi connectivity index (χ4v) is 4.01. The largest absolute Gasteiger partial charge is 0.410 e. The normalized spacial score (nSPS) is 25.1. The number of fused-ring (bicyclic) bond motifs is 1. The molecule has 0 aliphatic carbocycles. The number of rotatable bonds is 5. The Bertz CT molecular complexity index is 682. The molecule has 1 amide bonds. The van der Waals surface area contributed by atoms with Gasteiger partial charge in [-0.3, -0.25) is 9.69 Å². The van der Waals surface area contributed by atoms with Gasteiger partial charge in [-0.25, -0.2) is 4.68 Å². The van der Waals surface area contributed by atoms with Gasteiger partial charge in [-0.1, -0.05) is 13.8 Å². The van der Waals surface area contributed by atoms with E-state index in [0.29, 0.717) is 13.0 Å². The number of carbonyl (C=O) groups excluding carboxylic acids is 1. The average molecular weight is 401 g/mol. The van der Waals surface area contributed by atoms with Gasteiger partial charge in [0.2, 0.25) is 0 Å². The molecule has 2 N–H and O–H groups in total. The van der Waals surface area contributed by atoms with E-state index in [2.05, 4.69) is 34.5 Å². The number of hydrogen-bond acceptors (Lipinski definition) is 4. The van der Waals surface area contributed by atoms with Gasteiger partial charge in [0.1, 0.15) is 11.4 Å². The summed E-state index contributed by atoms with van der Waals surface area (Å²) in [5.41, 5.74) is 0.173. The molecule has 9 heteroatoms. The van der Waals surface area contributed by atoms with Crippen molar-refractivity contribution in [2.75, 3.05) is 25.0 Å². The molecule has 3 atom stereocenters. The standard InChI is InChI=1S/C19H30F3N5O/c1-4-14-9-16(19(20,21)22)27-17(25-14)15(11-24-27)18(28)23-10-13(3)26-7-5-12(2)6-8-26/h11-14,16,25H,4-10H2,1-3H3,(H,23,28)/t13-,14-,16-/m0/s1. The monoisotopic (exact) mass is 401 g/mol. The summed E-state index contributed by atoms with van der Waals surface area (Å²) in [4.78, 5) is 15.0. The van der Waals surface area contributed by atoms with Crippen LogP contribution in [0.1, 0.15) is 62.9 Å². The van der Waals surface area contributed by atoms with Crippen LogP contribution in [-0.2, 0) is 0 Å². The molecule has 0 saturated carbocycles. The van der Waals surface area contributed by atoms with Gasteiger partial charge in [-0.2, -0.15) is 18.3 Å². The molecule has 0 aromatic carbocycles. The van der Waals surface area contributed by atoms with Crippen molar-refractivity contribution in [3.05, 3.63) is 11.8 Å². The van der Waals surface area contributed by atoms with Crippen LogP contribution in [0, 0.1) is 5.92 Å². The maximum Gasteiger partial charge on any atom is 0.410 e. The van der Waals surface area contributed by atoms with Gasteiger partial charge in [-0.05, 0) is 51.6 Å². The summed E-state index contributed by atoms with van der Waals surface area (Å²) in [5, 5.41) is 9.82. The zero-order valence-corrected chi connectivity index (χ0v) is 16.7. The van der Waals surface area contributed by atoms with Gasteiger partial charge in [-0.15, -0.1) is 0 Å². The molecule has 6 nitrogen and oxygen atoms in total. The third-order valence-corrected chi connectivity index (χ3v) is 6.05. The molecule has 0 spiro atoms. The van der Waals surface area contributed by atoms with Crippen LogP contribution in [0.3, 0.4) is 0 Å². The van der Waals surface area contributed by atoms with Gasteiger partial charge in [0, 0.05) is 18.6 Å². The van der Waals surface area contributed by atoms with E-state index in [1.165, 1.54) is 6.20 Å². The minimum Gasteiger partial charge on any atom is -0.367 e. The van der Waals surface area contributed by atoms with Crippen LogP contribution in [-0.4, -0.2) is 58.5 Å². The molecule has 28 heavy (non-hydrogen) atoms. The minimum absolute atomic E-state index is 0.0832. The number of hydrogen-bond donors (Lipinski definition) is 2. The van der Waals surface area contributed by atoms with E-state index in [1.807, 2.05) is 6.92 Å². The fourth-order valence-electron chi connectivity index (χ4n) is 4.01. The van der Waals surface area contributed by atoms with E-state index in [1.54, 1.807) is 0 Å². The lowest BCUT2D eigenvalue weighted by molar-refractivity contribution is -0.173. The minimum atomic E-state index is -4.40. The number of alkyl halides is 3. The maximum absolute atomic E-state index is 13.4. The van der Waals surface area contributed by atoms with E-state index < -0.39 is 12.2 Å². The van der Waals surface area contributed by atoms with Crippen LogP contribution >= 0.6 is 0 Å². The first kappa shape index (κ1) is 21.0. The number of nitrogens with zero attached hydrogens (tertiary/aromatic N) is 3. The van der Waals surface area contributed by atoms with Gasteiger partial charge in [0.15, 0.2) is 6.04 Å². The number of piperidine rings is 1. The summed E-state index contributed by atoms with van der Waals surface area (Å²) >= 11 is 0. The SMILES string of the molecule is CC[C@H]1C[C@@H](C(F)(F)F)n2ncc(C(=O)NC[C@H](C)N3CCC(C)CC3)c2N1. The number of likely N-dealkylation sites (tertiary alicyclic amines) is 1. The molecule has 0 bridgehead atoms. The molecular weight excluding hydrogens is 371 g/mol. The van der Waals surface area contributed by atoms with Crippen LogP contribution in [0.15, 0.2) is 6.20 Å². The summed E-state index contributed by atoms with van der Waals surface area (Å²) in [6.45, 7) is 8.62. The van der Waals surface area contributed by atoms with Crippen molar-refractivity contribution < 1.29 is 18.0 Å². The Morgan fingerprint density at radius 2 is 2.07 bits per heavy atom. The molecule has 1 saturated heterocycles. The molecule has 1 aromatic rings. The van der Waals surface area contributed by atoms with E-state index in [9.17, 15) is 18.0 Å².